The average molecular weight is 398 g/mol. The number of halogens is 1. The highest BCUT2D eigenvalue weighted by Crippen LogP contribution is 2.33. The molecule has 1 saturated heterocycles. The van der Waals surface area contributed by atoms with Gasteiger partial charge in [-0.05, 0) is 45.7 Å². The third-order valence-electron chi connectivity index (χ3n) is 4.90. The van der Waals surface area contributed by atoms with Crippen molar-refractivity contribution in [2.75, 3.05) is 19.7 Å². The van der Waals surface area contributed by atoms with Gasteiger partial charge < -0.3 is 9.47 Å². The zero-order chi connectivity index (χ0) is 20.9. The molecule has 1 aliphatic heterocycles. The van der Waals surface area contributed by atoms with Crippen LogP contribution in [0.3, 0.4) is 0 Å². The molecular weight excluding hydrogens is 371 g/mol. The molecular formula is C22H27FN4O2. The van der Waals surface area contributed by atoms with Crippen molar-refractivity contribution in [3.05, 3.63) is 48.2 Å². The fourth-order valence-electron chi connectivity index (χ4n) is 3.25. The van der Waals surface area contributed by atoms with Gasteiger partial charge in [0.1, 0.15) is 17.9 Å². The predicted octanol–water partition coefficient (Wildman–Crippen LogP) is 3.98. The summed E-state index contributed by atoms with van der Waals surface area (Å²) >= 11 is 0. The van der Waals surface area contributed by atoms with Crippen LogP contribution >= 0.6 is 0 Å². The Bertz CT molecular complexity index is 868. The Labute approximate surface area is 171 Å². The Kier molecular flexibility index (Phi) is 6.33. The van der Waals surface area contributed by atoms with Crippen molar-refractivity contribution < 1.29 is 13.9 Å². The van der Waals surface area contributed by atoms with E-state index in [-0.39, 0.29) is 18.0 Å². The molecule has 0 amide bonds. The lowest BCUT2D eigenvalue weighted by Gasteiger charge is -2.37. The summed E-state index contributed by atoms with van der Waals surface area (Å²) in [5.41, 5.74) is -0.187. The van der Waals surface area contributed by atoms with Crippen LogP contribution in [-0.2, 0) is 6.54 Å². The van der Waals surface area contributed by atoms with Gasteiger partial charge >= 0.3 is 0 Å². The Hall–Kier alpha value is -2.72. The first-order valence-electron chi connectivity index (χ1n) is 9.80. The van der Waals surface area contributed by atoms with E-state index in [0.717, 1.165) is 18.8 Å². The summed E-state index contributed by atoms with van der Waals surface area (Å²) in [7, 11) is 0. The predicted molar refractivity (Wildman–Crippen MR) is 107 cm³/mol. The zero-order valence-electron chi connectivity index (χ0n) is 17.2. The molecule has 1 aromatic heterocycles. The smallest absolute Gasteiger partial charge is 0.237 e. The van der Waals surface area contributed by atoms with Gasteiger partial charge in [0.2, 0.25) is 5.88 Å². The molecule has 0 saturated carbocycles. The van der Waals surface area contributed by atoms with Gasteiger partial charge in [-0.15, -0.1) is 0 Å². The van der Waals surface area contributed by atoms with E-state index in [1.165, 1.54) is 6.07 Å². The highest BCUT2D eigenvalue weighted by molar-refractivity contribution is 5.24. The third-order valence-corrected chi connectivity index (χ3v) is 4.90. The number of ether oxygens (including phenoxy) is 2. The molecule has 1 aromatic carbocycles. The lowest BCUT2D eigenvalue weighted by atomic mass is 9.80. The molecule has 0 radical (unpaired) electrons. The second-order valence-electron chi connectivity index (χ2n) is 8.41. The number of nitriles is 1. The number of hydrogen-bond acceptors (Lipinski definition) is 6. The monoisotopic (exact) mass is 398 g/mol. The maximum Gasteiger partial charge on any atom is 0.237 e. The Morgan fingerprint density at radius 2 is 1.86 bits per heavy atom. The molecule has 2 heterocycles. The molecule has 0 N–H and O–H groups in total. The molecule has 7 heteroatoms. The van der Waals surface area contributed by atoms with Gasteiger partial charge in [0.05, 0.1) is 11.5 Å². The molecule has 0 aliphatic carbocycles. The van der Waals surface area contributed by atoms with Crippen LogP contribution in [0.1, 0.15) is 39.3 Å². The normalized spacial score (nSPS) is 16.8. The average Bonchev–Trinajstić information content (AvgIpc) is 2.69. The fourth-order valence-corrected chi connectivity index (χ4v) is 3.25. The van der Waals surface area contributed by atoms with Crippen LogP contribution in [0.4, 0.5) is 4.39 Å². The van der Waals surface area contributed by atoms with Crippen molar-refractivity contribution in [2.45, 2.75) is 45.8 Å². The standard InChI is InChI=1S/C22H27FN4O2/c1-21(2,3)29-20-18(25-10-11-26-20)14-27-12-8-22(15-24,9-13-27)16-28-19-7-5-4-6-17(19)23/h4-7,10-11H,8-9,12-14,16H2,1-3H3. The minimum absolute atomic E-state index is 0.182. The summed E-state index contributed by atoms with van der Waals surface area (Å²) in [5.74, 6) is 0.320. The Morgan fingerprint density at radius 3 is 2.52 bits per heavy atom. The summed E-state index contributed by atoms with van der Waals surface area (Å²) < 4.78 is 25.4. The van der Waals surface area contributed by atoms with E-state index in [1.807, 2.05) is 20.8 Å². The minimum atomic E-state index is -0.619. The van der Waals surface area contributed by atoms with E-state index < -0.39 is 11.2 Å². The molecule has 0 spiro atoms. The molecule has 3 rings (SSSR count). The lowest BCUT2D eigenvalue weighted by molar-refractivity contribution is 0.0856. The molecule has 1 fully saturated rings. The van der Waals surface area contributed by atoms with Gasteiger partial charge in [-0.2, -0.15) is 5.26 Å². The Balaban J connectivity index is 1.60. The van der Waals surface area contributed by atoms with Crippen LogP contribution in [0, 0.1) is 22.6 Å². The number of piperidine rings is 1. The number of likely N-dealkylation sites (tertiary alicyclic amines) is 1. The molecule has 154 valence electrons. The maximum atomic E-state index is 13.8. The molecule has 6 nitrogen and oxygen atoms in total. The van der Waals surface area contributed by atoms with Gasteiger partial charge in [-0.1, -0.05) is 12.1 Å². The number of aromatic nitrogens is 2. The van der Waals surface area contributed by atoms with Crippen LogP contribution in [0.15, 0.2) is 36.7 Å². The van der Waals surface area contributed by atoms with Crippen LogP contribution in [0.2, 0.25) is 0 Å². The van der Waals surface area contributed by atoms with E-state index in [4.69, 9.17) is 9.47 Å². The van der Waals surface area contributed by atoms with Crippen molar-refractivity contribution in [3.8, 4) is 17.7 Å². The molecule has 29 heavy (non-hydrogen) atoms. The van der Waals surface area contributed by atoms with E-state index >= 15 is 0 Å². The summed E-state index contributed by atoms with van der Waals surface area (Å²) in [4.78, 5) is 11.0. The maximum absolute atomic E-state index is 13.8. The van der Waals surface area contributed by atoms with Crippen LogP contribution in [0.5, 0.6) is 11.6 Å². The Morgan fingerprint density at radius 1 is 1.17 bits per heavy atom. The van der Waals surface area contributed by atoms with Crippen molar-refractivity contribution >= 4 is 0 Å². The lowest BCUT2D eigenvalue weighted by Crippen LogP contribution is -2.42. The van der Waals surface area contributed by atoms with E-state index in [9.17, 15) is 9.65 Å². The van der Waals surface area contributed by atoms with E-state index in [2.05, 4.69) is 20.9 Å². The first-order valence-corrected chi connectivity index (χ1v) is 9.80. The third kappa shape index (κ3) is 5.64. The molecule has 0 bridgehead atoms. The highest BCUT2D eigenvalue weighted by atomic mass is 19.1. The summed E-state index contributed by atoms with van der Waals surface area (Å²) in [5, 5.41) is 9.75. The number of hydrogen-bond donors (Lipinski definition) is 0. The number of nitrogens with zero attached hydrogens (tertiary/aromatic N) is 4. The second-order valence-corrected chi connectivity index (χ2v) is 8.41. The van der Waals surface area contributed by atoms with Crippen LogP contribution < -0.4 is 9.47 Å². The van der Waals surface area contributed by atoms with Gasteiger partial charge in [0.25, 0.3) is 0 Å². The molecule has 1 aliphatic rings. The summed E-state index contributed by atoms with van der Waals surface area (Å²) in [6, 6.07) is 8.68. The van der Waals surface area contributed by atoms with E-state index in [1.54, 1.807) is 30.6 Å². The highest BCUT2D eigenvalue weighted by Gasteiger charge is 2.36. The molecule has 0 unspecified atom stereocenters. The van der Waals surface area contributed by atoms with Gasteiger partial charge in [0, 0.05) is 32.0 Å². The van der Waals surface area contributed by atoms with Gasteiger partial charge in [-0.3, -0.25) is 9.88 Å². The first-order chi connectivity index (χ1) is 13.8. The van der Waals surface area contributed by atoms with Crippen LogP contribution in [-0.4, -0.2) is 40.2 Å². The minimum Gasteiger partial charge on any atom is -0.489 e. The topological polar surface area (TPSA) is 71.3 Å². The number of benzene rings is 1. The number of para-hydroxylation sites is 1. The quantitative estimate of drug-likeness (QED) is 0.733. The second kappa shape index (κ2) is 8.75. The summed E-state index contributed by atoms with van der Waals surface area (Å²) in [6.45, 7) is 8.16. The first kappa shape index (κ1) is 21.0. The van der Waals surface area contributed by atoms with Crippen molar-refractivity contribution in [1.82, 2.24) is 14.9 Å². The fraction of sp³-hybridized carbons (Fsp3) is 0.500. The number of rotatable bonds is 6. The van der Waals surface area contributed by atoms with Gasteiger partial charge in [-0.25, -0.2) is 9.37 Å². The van der Waals surface area contributed by atoms with Crippen molar-refractivity contribution in [1.29, 1.82) is 5.26 Å². The zero-order valence-corrected chi connectivity index (χ0v) is 17.2. The summed E-state index contributed by atoms with van der Waals surface area (Å²) in [6.07, 6.45) is 4.58. The molecule has 0 atom stereocenters. The molecule has 2 aromatic rings. The van der Waals surface area contributed by atoms with Gasteiger partial charge in [0.15, 0.2) is 11.6 Å². The van der Waals surface area contributed by atoms with Crippen LogP contribution in [0.25, 0.3) is 0 Å². The largest absolute Gasteiger partial charge is 0.489 e. The van der Waals surface area contributed by atoms with E-state index in [0.29, 0.717) is 25.3 Å². The van der Waals surface area contributed by atoms with Crippen molar-refractivity contribution in [3.63, 3.8) is 0 Å². The SMILES string of the molecule is CC(C)(C)Oc1nccnc1CN1CCC(C#N)(COc2ccccc2F)CC1. The van der Waals surface area contributed by atoms with Crippen molar-refractivity contribution in [2.24, 2.45) is 5.41 Å².